The minimum absolute atomic E-state index is 0.0133. The van der Waals surface area contributed by atoms with Crippen molar-refractivity contribution >= 4 is 29.0 Å². The summed E-state index contributed by atoms with van der Waals surface area (Å²) in [5, 5.41) is 9.98. The highest BCUT2D eigenvalue weighted by molar-refractivity contribution is 6.42. The van der Waals surface area contributed by atoms with Gasteiger partial charge in [-0.05, 0) is 23.6 Å². The molecule has 2 nitrogen and oxygen atoms in total. The quantitative estimate of drug-likeness (QED) is 0.823. The molecule has 0 aliphatic heterocycles. The van der Waals surface area contributed by atoms with E-state index in [1.54, 1.807) is 18.2 Å². The summed E-state index contributed by atoms with van der Waals surface area (Å²) in [6.45, 7) is 0. The van der Waals surface area contributed by atoms with Crippen LogP contribution in [-0.2, 0) is 4.79 Å². The fourth-order valence-electron chi connectivity index (χ4n) is 2.12. The zero-order valence-corrected chi connectivity index (χ0v) is 11.3. The lowest BCUT2D eigenvalue weighted by Gasteiger charge is -2.25. The molecule has 1 aromatic rings. The van der Waals surface area contributed by atoms with Crippen LogP contribution < -0.4 is 0 Å². The fourth-order valence-corrected chi connectivity index (χ4v) is 2.43. The standard InChI is InChI=1S/C14H13Cl2NO/c15-12-5-4-10(7-13(12)16)11(8-17)14(18)6-9-2-1-3-9/h4-5,7,9,11H,1-3,6H2. The van der Waals surface area contributed by atoms with Crippen LogP contribution >= 0.6 is 23.2 Å². The number of hydrogen-bond acceptors (Lipinski definition) is 2. The summed E-state index contributed by atoms with van der Waals surface area (Å²) in [5.74, 6) is -0.267. The molecular weight excluding hydrogens is 269 g/mol. The van der Waals surface area contributed by atoms with Gasteiger partial charge in [0.1, 0.15) is 5.92 Å². The molecule has 1 aliphatic carbocycles. The number of nitrogens with zero attached hydrogens (tertiary/aromatic N) is 1. The lowest BCUT2D eigenvalue weighted by Crippen LogP contribution is -2.20. The molecule has 1 saturated carbocycles. The SMILES string of the molecule is N#CC(C(=O)CC1CCC1)c1ccc(Cl)c(Cl)c1. The van der Waals surface area contributed by atoms with Gasteiger partial charge in [-0.1, -0.05) is 48.5 Å². The largest absolute Gasteiger partial charge is 0.298 e. The van der Waals surface area contributed by atoms with Gasteiger partial charge in [0.2, 0.25) is 0 Å². The zero-order chi connectivity index (χ0) is 13.1. The molecule has 0 saturated heterocycles. The monoisotopic (exact) mass is 281 g/mol. The zero-order valence-electron chi connectivity index (χ0n) is 9.83. The molecule has 0 bridgehead atoms. The first-order valence-corrected chi connectivity index (χ1v) is 6.74. The van der Waals surface area contributed by atoms with E-state index in [2.05, 4.69) is 6.07 Å². The van der Waals surface area contributed by atoms with Crippen LogP contribution in [0.2, 0.25) is 10.0 Å². The van der Waals surface area contributed by atoms with E-state index in [0.29, 0.717) is 27.9 Å². The smallest absolute Gasteiger partial charge is 0.154 e. The number of benzene rings is 1. The number of halogens is 2. The van der Waals surface area contributed by atoms with Gasteiger partial charge in [0, 0.05) is 6.42 Å². The third kappa shape index (κ3) is 2.85. The van der Waals surface area contributed by atoms with Crippen molar-refractivity contribution in [3.05, 3.63) is 33.8 Å². The van der Waals surface area contributed by atoms with Gasteiger partial charge in [-0.25, -0.2) is 0 Å². The highest BCUT2D eigenvalue weighted by atomic mass is 35.5. The van der Waals surface area contributed by atoms with Crippen molar-refractivity contribution in [1.82, 2.24) is 0 Å². The maximum Gasteiger partial charge on any atom is 0.154 e. The van der Waals surface area contributed by atoms with E-state index in [1.165, 1.54) is 6.42 Å². The summed E-state index contributed by atoms with van der Waals surface area (Å²) in [7, 11) is 0. The normalized spacial score (nSPS) is 16.7. The fraction of sp³-hybridized carbons (Fsp3) is 0.429. The van der Waals surface area contributed by atoms with Gasteiger partial charge in [-0.3, -0.25) is 4.79 Å². The Bertz CT molecular complexity index is 503. The second kappa shape index (κ2) is 5.73. The van der Waals surface area contributed by atoms with Crippen molar-refractivity contribution in [3.8, 4) is 6.07 Å². The van der Waals surface area contributed by atoms with Crippen LogP contribution in [0, 0.1) is 17.2 Å². The molecule has 1 unspecified atom stereocenters. The lowest BCUT2D eigenvalue weighted by molar-refractivity contribution is -0.120. The van der Waals surface area contributed by atoms with Crippen LogP contribution in [0.4, 0.5) is 0 Å². The molecule has 1 aromatic carbocycles. The number of ketones is 1. The minimum atomic E-state index is -0.722. The summed E-state index contributed by atoms with van der Waals surface area (Å²) >= 11 is 11.7. The van der Waals surface area contributed by atoms with E-state index in [-0.39, 0.29) is 5.78 Å². The van der Waals surface area contributed by atoms with Gasteiger partial charge in [0.05, 0.1) is 16.1 Å². The molecule has 0 spiro atoms. The molecule has 0 N–H and O–H groups in total. The summed E-state index contributed by atoms with van der Waals surface area (Å²) < 4.78 is 0. The van der Waals surface area contributed by atoms with E-state index in [1.807, 2.05) is 0 Å². The van der Waals surface area contributed by atoms with Crippen LogP contribution in [-0.4, -0.2) is 5.78 Å². The predicted octanol–water partition coefficient (Wildman–Crippen LogP) is 4.36. The van der Waals surface area contributed by atoms with Crippen molar-refractivity contribution in [2.24, 2.45) is 5.92 Å². The van der Waals surface area contributed by atoms with Gasteiger partial charge in [-0.2, -0.15) is 5.26 Å². The summed E-state index contributed by atoms with van der Waals surface area (Å²) in [5.41, 5.74) is 0.635. The number of carbonyl (C=O) groups excluding carboxylic acids is 1. The van der Waals surface area contributed by atoms with Crippen molar-refractivity contribution in [3.63, 3.8) is 0 Å². The van der Waals surface area contributed by atoms with Crippen LogP contribution in [0.1, 0.15) is 37.2 Å². The topological polar surface area (TPSA) is 40.9 Å². The van der Waals surface area contributed by atoms with E-state index in [4.69, 9.17) is 28.5 Å². The molecule has 18 heavy (non-hydrogen) atoms. The Morgan fingerprint density at radius 2 is 2.11 bits per heavy atom. The third-order valence-corrected chi connectivity index (χ3v) is 4.18. The average molecular weight is 282 g/mol. The molecule has 1 fully saturated rings. The van der Waals surface area contributed by atoms with Gasteiger partial charge in [0.15, 0.2) is 5.78 Å². The highest BCUT2D eigenvalue weighted by Crippen LogP contribution is 2.33. The molecule has 0 radical (unpaired) electrons. The summed E-state index contributed by atoms with van der Waals surface area (Å²) in [4.78, 5) is 12.1. The average Bonchev–Trinajstić information content (AvgIpc) is 2.29. The molecule has 94 valence electrons. The Kier molecular flexibility index (Phi) is 4.27. The van der Waals surface area contributed by atoms with Crippen LogP contribution in [0.15, 0.2) is 18.2 Å². The summed E-state index contributed by atoms with van der Waals surface area (Å²) in [6.07, 6.45) is 3.90. The van der Waals surface area contributed by atoms with E-state index in [0.717, 1.165) is 12.8 Å². The summed E-state index contributed by atoms with van der Waals surface area (Å²) in [6, 6.07) is 7.00. The number of rotatable bonds is 4. The van der Waals surface area contributed by atoms with Crippen molar-refractivity contribution in [2.45, 2.75) is 31.6 Å². The Morgan fingerprint density at radius 1 is 1.39 bits per heavy atom. The van der Waals surface area contributed by atoms with Gasteiger partial charge < -0.3 is 0 Å². The Hall–Kier alpha value is -1.04. The predicted molar refractivity (Wildman–Crippen MR) is 71.8 cm³/mol. The molecule has 0 aromatic heterocycles. The van der Waals surface area contributed by atoms with E-state index < -0.39 is 5.92 Å². The molecule has 0 heterocycles. The molecule has 0 amide bonds. The van der Waals surface area contributed by atoms with Crippen LogP contribution in [0.25, 0.3) is 0 Å². The van der Waals surface area contributed by atoms with E-state index in [9.17, 15) is 4.79 Å². The second-order valence-corrected chi connectivity index (χ2v) is 5.52. The van der Waals surface area contributed by atoms with Crippen molar-refractivity contribution < 1.29 is 4.79 Å². The first kappa shape index (κ1) is 13.4. The Morgan fingerprint density at radius 3 is 2.61 bits per heavy atom. The van der Waals surface area contributed by atoms with Gasteiger partial charge in [-0.15, -0.1) is 0 Å². The van der Waals surface area contributed by atoms with Crippen molar-refractivity contribution in [1.29, 1.82) is 5.26 Å². The minimum Gasteiger partial charge on any atom is -0.298 e. The van der Waals surface area contributed by atoms with Gasteiger partial charge in [0.25, 0.3) is 0 Å². The molecule has 4 heteroatoms. The Labute approximate surface area is 117 Å². The number of Topliss-reactive ketones (excluding diaryl/α,β-unsaturated/α-hetero) is 1. The van der Waals surface area contributed by atoms with E-state index >= 15 is 0 Å². The highest BCUT2D eigenvalue weighted by Gasteiger charge is 2.26. The molecule has 1 aliphatic rings. The lowest BCUT2D eigenvalue weighted by atomic mass is 9.79. The first-order chi connectivity index (χ1) is 8.61. The molecule has 1 atom stereocenters. The maximum atomic E-state index is 12.1. The molecule has 2 rings (SSSR count). The first-order valence-electron chi connectivity index (χ1n) is 5.99. The van der Waals surface area contributed by atoms with Crippen molar-refractivity contribution in [2.75, 3.05) is 0 Å². The number of nitriles is 1. The van der Waals surface area contributed by atoms with Crippen LogP contribution in [0.3, 0.4) is 0 Å². The molecular formula is C14H13Cl2NO. The van der Waals surface area contributed by atoms with Gasteiger partial charge >= 0.3 is 0 Å². The second-order valence-electron chi connectivity index (χ2n) is 4.70. The Balaban J connectivity index is 2.14. The number of hydrogen-bond donors (Lipinski definition) is 0. The number of carbonyl (C=O) groups is 1. The van der Waals surface area contributed by atoms with Crippen LogP contribution in [0.5, 0.6) is 0 Å². The third-order valence-electron chi connectivity index (χ3n) is 3.44. The maximum absolute atomic E-state index is 12.1.